The zero-order valence-corrected chi connectivity index (χ0v) is 17.0. The van der Waals surface area contributed by atoms with E-state index in [1.807, 2.05) is 0 Å². The second-order valence-corrected chi connectivity index (χ2v) is 10.2. The van der Waals surface area contributed by atoms with Gasteiger partial charge in [0.15, 0.2) is 4.90 Å². The molecule has 0 aliphatic heterocycles. The lowest BCUT2D eigenvalue weighted by Gasteiger charge is -2.27. The van der Waals surface area contributed by atoms with Crippen molar-refractivity contribution in [3.8, 4) is 0 Å². The van der Waals surface area contributed by atoms with Crippen molar-refractivity contribution in [2.75, 3.05) is 12.9 Å². The first kappa shape index (κ1) is 21.4. The summed E-state index contributed by atoms with van der Waals surface area (Å²) in [6.45, 7) is -1.35. The van der Waals surface area contributed by atoms with E-state index >= 15 is 0 Å². The number of nitro benzene ring substituents is 1. The van der Waals surface area contributed by atoms with Gasteiger partial charge in [0.2, 0.25) is 10.0 Å². The van der Waals surface area contributed by atoms with E-state index in [2.05, 4.69) is 15.9 Å². The molecule has 0 saturated heterocycles. The highest BCUT2D eigenvalue weighted by molar-refractivity contribution is 9.10. The first-order chi connectivity index (χ1) is 12.5. The molecule has 1 unspecified atom stereocenters. The van der Waals surface area contributed by atoms with Crippen LogP contribution in [-0.2, 0) is 20.0 Å². The van der Waals surface area contributed by atoms with Crippen molar-refractivity contribution in [1.82, 2.24) is 3.71 Å². The Balaban J connectivity index is 2.73. The Bertz CT molecular complexity index is 1060. The monoisotopic (exact) mass is 480 g/mol. The van der Waals surface area contributed by atoms with E-state index < -0.39 is 48.3 Å². The molecule has 0 bridgehead atoms. The quantitative estimate of drug-likeness (QED) is 0.444. The number of hydrogen-bond donors (Lipinski definition) is 0. The van der Waals surface area contributed by atoms with Gasteiger partial charge in [0.05, 0.1) is 17.2 Å². The third kappa shape index (κ3) is 4.51. The van der Waals surface area contributed by atoms with Crippen LogP contribution in [0, 0.1) is 10.1 Å². The molecule has 0 radical (unpaired) electrons. The number of rotatable bonds is 7. The lowest BCUT2D eigenvalue weighted by atomic mass is 10.1. The van der Waals surface area contributed by atoms with Crippen molar-refractivity contribution < 1.29 is 26.1 Å². The van der Waals surface area contributed by atoms with E-state index in [-0.39, 0.29) is 9.27 Å². The maximum absolute atomic E-state index is 13.8. The molecule has 0 amide bonds. The van der Waals surface area contributed by atoms with Gasteiger partial charge in [0.25, 0.3) is 15.7 Å². The van der Waals surface area contributed by atoms with Crippen molar-refractivity contribution in [3.05, 3.63) is 68.7 Å². The van der Waals surface area contributed by atoms with Gasteiger partial charge in [0.1, 0.15) is 6.67 Å². The Hall–Kier alpha value is -1.89. The number of para-hydroxylation sites is 1. The van der Waals surface area contributed by atoms with Crippen LogP contribution < -0.4 is 0 Å². The summed E-state index contributed by atoms with van der Waals surface area (Å²) in [5.74, 6) is 0. The molecule has 8 nitrogen and oxygen atoms in total. The number of alkyl halides is 1. The van der Waals surface area contributed by atoms with Gasteiger partial charge >= 0.3 is 0 Å². The first-order valence-electron chi connectivity index (χ1n) is 7.29. The van der Waals surface area contributed by atoms with Crippen LogP contribution in [0.4, 0.5) is 10.1 Å². The number of hydrogen-bond acceptors (Lipinski definition) is 6. The molecular formula is C15H14BrFN2O6S2. The largest absolute Gasteiger partial charge is 0.289 e. The lowest BCUT2D eigenvalue weighted by Crippen LogP contribution is -2.40. The zero-order chi connectivity index (χ0) is 20.4. The summed E-state index contributed by atoms with van der Waals surface area (Å²) < 4.78 is 65.0. The summed E-state index contributed by atoms with van der Waals surface area (Å²) in [5, 5.41) is 11.2. The SMILES string of the molecule is CS(=O)(=O)N(C(CF)c1ccc(Br)cc1)S(=O)(=O)c1ccccc1[N+](=O)[O-]. The molecule has 0 N–H and O–H groups in total. The maximum Gasteiger partial charge on any atom is 0.289 e. The lowest BCUT2D eigenvalue weighted by molar-refractivity contribution is -0.387. The highest BCUT2D eigenvalue weighted by Crippen LogP contribution is 2.34. The third-order valence-corrected chi connectivity index (χ3v) is 8.03. The van der Waals surface area contributed by atoms with E-state index in [0.29, 0.717) is 10.7 Å². The predicted molar refractivity (Wildman–Crippen MR) is 99.8 cm³/mol. The highest BCUT2D eigenvalue weighted by Gasteiger charge is 2.42. The van der Waals surface area contributed by atoms with E-state index in [1.54, 1.807) is 0 Å². The second kappa shape index (κ2) is 8.00. The van der Waals surface area contributed by atoms with Gasteiger partial charge in [-0.3, -0.25) is 10.1 Å². The average Bonchev–Trinajstić information content (AvgIpc) is 2.59. The van der Waals surface area contributed by atoms with Gasteiger partial charge in [-0.1, -0.05) is 43.9 Å². The molecule has 0 spiro atoms. The van der Waals surface area contributed by atoms with E-state index in [0.717, 1.165) is 12.1 Å². The van der Waals surface area contributed by atoms with Crippen LogP contribution in [0.1, 0.15) is 11.6 Å². The van der Waals surface area contributed by atoms with Crippen molar-refractivity contribution in [2.24, 2.45) is 0 Å². The number of sulfonamides is 2. The number of benzene rings is 2. The maximum atomic E-state index is 13.8. The molecule has 146 valence electrons. The van der Waals surface area contributed by atoms with Gasteiger partial charge in [-0.2, -0.15) is 0 Å². The average molecular weight is 481 g/mol. The van der Waals surface area contributed by atoms with Crippen LogP contribution in [0.15, 0.2) is 57.9 Å². The smallest absolute Gasteiger partial charge is 0.258 e. The standard InChI is InChI=1S/C15H14BrFN2O6S2/c1-26(22,23)19(14(10-17)11-6-8-12(16)9-7-11)27(24,25)15-5-3-2-4-13(15)18(20)21/h2-9,14H,10H2,1H3. The van der Waals surface area contributed by atoms with E-state index in [4.69, 9.17) is 0 Å². The molecule has 0 heterocycles. The topological polar surface area (TPSA) is 115 Å². The molecule has 27 heavy (non-hydrogen) atoms. The Morgan fingerprint density at radius 3 is 2.15 bits per heavy atom. The van der Waals surface area contributed by atoms with Gasteiger partial charge in [-0.25, -0.2) is 21.2 Å². The van der Waals surface area contributed by atoms with Gasteiger partial charge in [-0.15, -0.1) is 0 Å². The summed E-state index contributed by atoms with van der Waals surface area (Å²) in [5.41, 5.74) is -0.729. The minimum absolute atomic E-state index is 0.0223. The van der Waals surface area contributed by atoms with Crippen LogP contribution in [0.5, 0.6) is 0 Å². The molecule has 1 atom stereocenters. The minimum Gasteiger partial charge on any atom is -0.258 e. The normalized spacial score (nSPS) is 13.5. The van der Waals surface area contributed by atoms with Gasteiger partial charge < -0.3 is 0 Å². The second-order valence-electron chi connectivity index (χ2n) is 5.44. The molecular weight excluding hydrogens is 467 g/mol. The summed E-state index contributed by atoms with van der Waals surface area (Å²) in [4.78, 5) is 9.40. The van der Waals surface area contributed by atoms with Crippen molar-refractivity contribution in [1.29, 1.82) is 0 Å². The number of halogens is 2. The fourth-order valence-corrected chi connectivity index (χ4v) is 6.39. The molecule has 2 aromatic carbocycles. The summed E-state index contributed by atoms with van der Waals surface area (Å²) in [6.07, 6.45) is 0.598. The van der Waals surface area contributed by atoms with Crippen LogP contribution in [-0.4, -0.2) is 38.4 Å². The van der Waals surface area contributed by atoms with Crippen LogP contribution in [0.2, 0.25) is 0 Å². The number of nitrogens with zero attached hydrogens (tertiary/aromatic N) is 2. The van der Waals surface area contributed by atoms with Gasteiger partial charge in [-0.05, 0) is 23.8 Å². The molecule has 0 aliphatic carbocycles. The van der Waals surface area contributed by atoms with Gasteiger partial charge in [0, 0.05) is 10.5 Å². The van der Waals surface area contributed by atoms with Crippen LogP contribution >= 0.6 is 15.9 Å². The molecule has 0 aliphatic rings. The van der Waals surface area contributed by atoms with Crippen molar-refractivity contribution in [3.63, 3.8) is 0 Å². The van der Waals surface area contributed by atoms with E-state index in [9.17, 15) is 31.3 Å². The van der Waals surface area contributed by atoms with Crippen molar-refractivity contribution >= 4 is 41.7 Å². The Morgan fingerprint density at radius 1 is 1.11 bits per heavy atom. The predicted octanol–water partition coefficient (Wildman–Crippen LogP) is 3.02. The highest BCUT2D eigenvalue weighted by atomic mass is 79.9. The van der Waals surface area contributed by atoms with Crippen molar-refractivity contribution in [2.45, 2.75) is 10.9 Å². The summed E-state index contributed by atoms with van der Waals surface area (Å²) >= 11 is 3.18. The fraction of sp³-hybridized carbons (Fsp3) is 0.200. The first-order valence-corrected chi connectivity index (χ1v) is 11.4. The molecule has 0 saturated carbocycles. The minimum atomic E-state index is -4.95. The zero-order valence-electron chi connectivity index (χ0n) is 13.8. The third-order valence-electron chi connectivity index (χ3n) is 3.56. The molecule has 12 heteroatoms. The van der Waals surface area contributed by atoms with Crippen LogP contribution in [0.3, 0.4) is 0 Å². The summed E-state index contributed by atoms with van der Waals surface area (Å²) in [7, 11) is -9.46. The molecule has 2 rings (SSSR count). The Kier molecular flexibility index (Phi) is 6.35. The Morgan fingerprint density at radius 2 is 1.67 bits per heavy atom. The van der Waals surface area contributed by atoms with E-state index in [1.165, 1.54) is 36.4 Å². The van der Waals surface area contributed by atoms with Crippen LogP contribution in [0.25, 0.3) is 0 Å². The Labute approximate surface area is 164 Å². The summed E-state index contributed by atoms with van der Waals surface area (Å²) in [6, 6.07) is 8.29. The number of nitro groups is 1. The molecule has 0 fully saturated rings. The molecule has 0 aromatic heterocycles. The molecule has 2 aromatic rings. The fourth-order valence-electron chi connectivity index (χ4n) is 2.45.